The molecule has 0 bridgehead atoms. The normalized spacial score (nSPS) is 17.3. The molecule has 5 rings (SSSR count). The smallest absolute Gasteiger partial charge is 0.284 e. The zero-order valence-corrected chi connectivity index (χ0v) is 20.4. The molecule has 34 heavy (non-hydrogen) atoms. The standard InChI is InChI=1S/C24H23IN8O/c34-24(21-13-20(9-11-26-21)33-15-22(32-25-33)18-7-8-18)31-19-5-3-4-17(12-19)14-29-30-16-28-23-6-1-2-10-27-23/h1-6,9-13,15-16,18,29H,7-8,14H2,(H,31,34)(H,27,28,30)/p+1. The van der Waals surface area contributed by atoms with Crippen LogP contribution in [0.5, 0.6) is 0 Å². The lowest BCUT2D eigenvalue weighted by atomic mass is 10.2. The van der Waals surface area contributed by atoms with Crippen LogP contribution in [-0.2, 0) is 6.54 Å². The maximum atomic E-state index is 12.8. The summed E-state index contributed by atoms with van der Waals surface area (Å²) in [5.74, 6) is 1.06. The van der Waals surface area contributed by atoms with Gasteiger partial charge in [0.1, 0.15) is 29.6 Å². The molecule has 1 aromatic carbocycles. The van der Waals surface area contributed by atoms with Crippen molar-refractivity contribution < 1.29 is 7.91 Å². The Kier molecular flexibility index (Phi) is 7.08. The van der Waals surface area contributed by atoms with Gasteiger partial charge in [0, 0.05) is 42.7 Å². The van der Waals surface area contributed by atoms with Gasteiger partial charge in [-0.1, -0.05) is 18.2 Å². The van der Waals surface area contributed by atoms with Crippen LogP contribution in [0.25, 0.3) is 0 Å². The highest BCUT2D eigenvalue weighted by Crippen LogP contribution is 2.38. The highest BCUT2D eigenvalue weighted by molar-refractivity contribution is 14.1. The molecule has 1 aliphatic heterocycles. The largest absolute Gasteiger partial charge is 0.321 e. The SMILES string of the molecule is O=C(Nc1cccc(CNNC=Nc2ccccn2)c1)c1cc([NH+]2C=C(C3CC3)N=I2)ccn1. The first-order chi connectivity index (χ1) is 16.7. The third kappa shape index (κ3) is 5.95. The number of hydrogen-bond donors (Lipinski definition) is 4. The van der Waals surface area contributed by atoms with E-state index in [0.717, 1.165) is 11.3 Å². The Morgan fingerprint density at radius 3 is 2.91 bits per heavy atom. The minimum absolute atomic E-state index is 0.229. The van der Waals surface area contributed by atoms with Crippen molar-refractivity contribution >= 4 is 50.7 Å². The third-order valence-corrected chi connectivity index (χ3v) is 7.51. The zero-order chi connectivity index (χ0) is 23.2. The number of pyridine rings is 2. The van der Waals surface area contributed by atoms with Crippen molar-refractivity contribution in [3.63, 3.8) is 0 Å². The van der Waals surface area contributed by atoms with E-state index < -0.39 is 0 Å². The number of carbonyl (C=O) groups excluding carboxylic acids is 1. The number of halogens is 1. The lowest BCUT2D eigenvalue weighted by Crippen LogP contribution is -2.91. The molecule has 1 unspecified atom stereocenters. The van der Waals surface area contributed by atoms with Crippen LogP contribution in [-0.4, -0.2) is 22.2 Å². The number of nitrogens with one attached hydrogen (secondary N) is 4. The first-order valence-corrected chi connectivity index (χ1v) is 13.0. The van der Waals surface area contributed by atoms with Crippen LogP contribution in [0.15, 0.2) is 87.0 Å². The van der Waals surface area contributed by atoms with Gasteiger partial charge in [0.05, 0.1) is 0 Å². The molecule has 172 valence electrons. The number of nitrogens with zero attached hydrogens (tertiary/aromatic N) is 4. The molecule has 9 nitrogen and oxygen atoms in total. The monoisotopic (exact) mass is 567 g/mol. The molecule has 3 heterocycles. The van der Waals surface area contributed by atoms with Gasteiger partial charge in [-0.15, -0.1) is 0 Å². The van der Waals surface area contributed by atoms with E-state index in [-0.39, 0.29) is 27.2 Å². The molecule has 4 N–H and O–H groups in total. The molecule has 1 atom stereocenters. The number of hydrazine groups is 1. The summed E-state index contributed by atoms with van der Waals surface area (Å²) in [6, 6.07) is 17.0. The van der Waals surface area contributed by atoms with Crippen LogP contribution in [0.1, 0.15) is 28.9 Å². The Balaban J connectivity index is 1.16. The van der Waals surface area contributed by atoms with Gasteiger partial charge < -0.3 is 10.7 Å². The Morgan fingerprint density at radius 2 is 2.06 bits per heavy atom. The van der Waals surface area contributed by atoms with Crippen molar-refractivity contribution in [2.24, 2.45) is 14.1 Å². The summed E-state index contributed by atoms with van der Waals surface area (Å²) in [6.45, 7) is 0.548. The van der Waals surface area contributed by atoms with E-state index in [0.29, 0.717) is 29.7 Å². The Hall–Kier alpha value is -3.35. The quantitative estimate of drug-likeness (QED) is 0.0791. The predicted octanol–water partition coefficient (Wildman–Crippen LogP) is 3.53. The van der Waals surface area contributed by atoms with Crippen LogP contribution in [0, 0.1) is 5.92 Å². The van der Waals surface area contributed by atoms with E-state index in [2.05, 4.69) is 37.3 Å². The number of hydrogen-bond acceptors (Lipinski definition) is 6. The highest BCUT2D eigenvalue weighted by Gasteiger charge is 2.31. The first kappa shape index (κ1) is 22.4. The van der Waals surface area contributed by atoms with Crippen molar-refractivity contribution in [1.29, 1.82) is 0 Å². The molecule has 2 aliphatic rings. The minimum atomic E-state index is -0.381. The molecule has 1 saturated carbocycles. The van der Waals surface area contributed by atoms with Crippen LogP contribution in [0.2, 0.25) is 0 Å². The number of carbonyl (C=O) groups is 1. The molecule has 2 aromatic heterocycles. The fourth-order valence-electron chi connectivity index (χ4n) is 3.36. The maximum absolute atomic E-state index is 12.8. The number of aromatic nitrogens is 2. The Morgan fingerprint density at radius 1 is 1.12 bits per heavy atom. The van der Waals surface area contributed by atoms with Crippen LogP contribution >= 0.6 is 21.3 Å². The van der Waals surface area contributed by atoms with Gasteiger partial charge in [-0.2, -0.15) is 3.15 Å². The van der Waals surface area contributed by atoms with Gasteiger partial charge >= 0.3 is 0 Å². The van der Waals surface area contributed by atoms with E-state index in [1.165, 1.54) is 21.7 Å². The van der Waals surface area contributed by atoms with Crippen molar-refractivity contribution in [3.05, 3.63) is 90.1 Å². The Labute approximate surface area is 207 Å². The van der Waals surface area contributed by atoms with Crippen LogP contribution in [0.4, 0.5) is 17.2 Å². The molecule has 1 amide bonds. The molecular weight excluding hydrogens is 543 g/mol. The lowest BCUT2D eigenvalue weighted by Gasteiger charge is -2.09. The highest BCUT2D eigenvalue weighted by atomic mass is 127. The van der Waals surface area contributed by atoms with Crippen molar-refractivity contribution in [2.45, 2.75) is 19.4 Å². The van der Waals surface area contributed by atoms with E-state index in [1.807, 2.05) is 54.6 Å². The summed E-state index contributed by atoms with van der Waals surface area (Å²) < 4.78 is 6.00. The molecule has 0 spiro atoms. The van der Waals surface area contributed by atoms with Gasteiger partial charge in [0.25, 0.3) is 27.2 Å². The molecule has 1 aliphatic carbocycles. The lowest BCUT2D eigenvalue weighted by molar-refractivity contribution is -0.557. The van der Waals surface area contributed by atoms with E-state index in [4.69, 9.17) is 3.15 Å². The van der Waals surface area contributed by atoms with Crippen LogP contribution in [0.3, 0.4) is 0 Å². The van der Waals surface area contributed by atoms with E-state index >= 15 is 0 Å². The van der Waals surface area contributed by atoms with Crippen LogP contribution < -0.4 is 19.3 Å². The first-order valence-electron chi connectivity index (χ1n) is 11.0. The Bertz CT molecular complexity index is 1260. The number of allylic oxidation sites excluding steroid dienone is 1. The number of aliphatic imine (C=N–C) groups is 1. The second-order valence-electron chi connectivity index (χ2n) is 7.89. The van der Waals surface area contributed by atoms with Gasteiger partial charge in [-0.3, -0.25) is 9.78 Å². The van der Waals surface area contributed by atoms with Gasteiger partial charge in [0.2, 0.25) is 0 Å². The van der Waals surface area contributed by atoms with Crippen molar-refractivity contribution in [2.75, 3.05) is 5.32 Å². The molecule has 10 heteroatoms. The summed E-state index contributed by atoms with van der Waals surface area (Å²) in [7, 11) is 0. The summed E-state index contributed by atoms with van der Waals surface area (Å²) in [6.07, 6.45) is 9.65. The average Bonchev–Trinajstić information content (AvgIpc) is 3.61. The van der Waals surface area contributed by atoms with Crippen molar-refractivity contribution in [1.82, 2.24) is 20.8 Å². The minimum Gasteiger partial charge on any atom is -0.321 e. The molecular formula is C24H24IN8O+. The fourth-order valence-corrected chi connectivity index (χ4v) is 5.50. The maximum Gasteiger partial charge on any atom is 0.284 e. The summed E-state index contributed by atoms with van der Waals surface area (Å²) in [5, 5.41) is 2.95. The number of anilines is 1. The van der Waals surface area contributed by atoms with E-state index in [1.54, 1.807) is 18.7 Å². The number of amides is 1. The number of quaternary nitrogens is 1. The average molecular weight is 567 g/mol. The van der Waals surface area contributed by atoms with Crippen molar-refractivity contribution in [3.8, 4) is 0 Å². The summed E-state index contributed by atoms with van der Waals surface area (Å²) in [4.78, 5) is 25.4. The second kappa shape index (κ2) is 10.7. The summed E-state index contributed by atoms with van der Waals surface area (Å²) in [5.41, 5.74) is 10.4. The number of benzene rings is 1. The second-order valence-corrected chi connectivity index (χ2v) is 10.0. The zero-order valence-electron chi connectivity index (χ0n) is 18.3. The predicted molar refractivity (Wildman–Crippen MR) is 139 cm³/mol. The molecule has 3 aromatic rings. The van der Waals surface area contributed by atoms with E-state index in [9.17, 15) is 4.79 Å². The van der Waals surface area contributed by atoms with Gasteiger partial charge in [0.15, 0.2) is 5.82 Å². The third-order valence-electron chi connectivity index (χ3n) is 5.26. The van der Waals surface area contributed by atoms with Gasteiger partial charge in [-0.25, -0.2) is 18.5 Å². The molecule has 1 fully saturated rings. The topological polar surface area (TPSA) is 108 Å². The molecule has 0 saturated heterocycles. The fraction of sp³-hybridized carbons (Fsp3) is 0.167. The summed E-state index contributed by atoms with van der Waals surface area (Å²) >= 11 is -0.381. The molecule has 0 radical (unpaired) electrons. The number of rotatable bonds is 9. The van der Waals surface area contributed by atoms with Gasteiger partial charge in [-0.05, 0) is 42.7 Å².